The third-order valence-electron chi connectivity index (χ3n) is 16.5. The van der Waals surface area contributed by atoms with Crippen molar-refractivity contribution in [3.63, 3.8) is 0 Å². The van der Waals surface area contributed by atoms with E-state index in [-0.39, 0.29) is 112 Å². The Labute approximate surface area is 616 Å². The number of nitrogens with two attached hydrogens (primary N) is 1. The van der Waals surface area contributed by atoms with Crippen molar-refractivity contribution in [3.05, 3.63) is 145 Å². The molecule has 556 valence electrons. The van der Waals surface area contributed by atoms with Crippen LogP contribution in [-0.2, 0) is 55.8 Å². The molecule has 2 aliphatic heterocycles. The third-order valence-corrected chi connectivity index (χ3v) is 16.5. The van der Waals surface area contributed by atoms with Gasteiger partial charge in [-0.25, -0.2) is 19.4 Å². The van der Waals surface area contributed by atoms with E-state index >= 15 is 0 Å². The van der Waals surface area contributed by atoms with Gasteiger partial charge in [0.2, 0.25) is 35.1 Å². The Balaban J connectivity index is 0.000000455. The average molecular weight is 1470 g/mol. The number of H-pyrrole nitrogens is 1. The molecule has 4 heterocycles. The van der Waals surface area contributed by atoms with Gasteiger partial charge in [-0.3, -0.25) is 38.7 Å². The highest BCUT2D eigenvalue weighted by molar-refractivity contribution is 6.01. The van der Waals surface area contributed by atoms with E-state index in [4.69, 9.17) is 19.9 Å². The fraction of sp³-hybridized carbons (Fsp3) is 0.473. The predicted molar refractivity (Wildman–Crippen MR) is 377 cm³/mol. The lowest BCUT2D eigenvalue weighted by Crippen LogP contribution is -3.00. The van der Waals surface area contributed by atoms with Crippen LogP contribution in [0.2, 0.25) is 0 Å². The van der Waals surface area contributed by atoms with Gasteiger partial charge in [-0.1, -0.05) is 91.0 Å². The molecule has 0 aliphatic carbocycles. The number of nitrogens with zero attached hydrogens (tertiary/aromatic N) is 3. The number of halogens is 3. The lowest BCUT2D eigenvalue weighted by Gasteiger charge is -2.29. The summed E-state index contributed by atoms with van der Waals surface area (Å²) in [4.78, 5) is 132. The van der Waals surface area contributed by atoms with Gasteiger partial charge in [0.1, 0.15) is 46.4 Å². The summed E-state index contributed by atoms with van der Waals surface area (Å²) in [5.41, 5.74) is 12.0. The van der Waals surface area contributed by atoms with Crippen LogP contribution in [0.4, 0.5) is 25.8 Å². The molecule has 2 saturated heterocycles. The minimum absolute atomic E-state index is 0. The van der Waals surface area contributed by atoms with E-state index in [0.717, 1.165) is 32.9 Å². The zero-order valence-electron chi connectivity index (χ0n) is 59.7. The predicted octanol–water partition coefficient (Wildman–Crippen LogP) is -2.34. The van der Waals surface area contributed by atoms with Crippen molar-refractivity contribution in [2.75, 3.05) is 63.0 Å². The second-order valence-corrected chi connectivity index (χ2v) is 28.0. The number of Topliss-reactive ketones (excluding diaryl/α,β-unsaturated/α-hetero) is 1. The van der Waals surface area contributed by atoms with Gasteiger partial charge in [0.05, 0.1) is 42.5 Å². The first-order valence-electron chi connectivity index (χ1n) is 34.1. The molecule has 13 N–H and O–H groups in total. The number of ketones is 1. The average Bonchev–Trinajstić information content (AvgIpc) is 1.63. The number of aromatic amines is 1. The Hall–Kier alpha value is -8.72. The summed E-state index contributed by atoms with van der Waals surface area (Å²) < 4.78 is 16.4. The van der Waals surface area contributed by atoms with Crippen molar-refractivity contribution in [2.24, 2.45) is 23.5 Å². The molecule has 0 saturated carbocycles. The van der Waals surface area contributed by atoms with Crippen molar-refractivity contribution in [1.29, 1.82) is 0 Å². The summed E-state index contributed by atoms with van der Waals surface area (Å²) in [6, 6.07) is 34.9. The normalized spacial score (nSPS) is 16.2. The number of hydrogen-bond donors (Lipinski definition) is 9. The number of carbonyl (C=O) groups excluding carboxylic acids is 9. The molecule has 6 atom stereocenters. The maximum atomic E-state index is 14.4. The van der Waals surface area contributed by atoms with E-state index in [9.17, 15) is 43.2 Å². The Kier molecular flexibility index (Phi) is 34.3. The number of hydrogen-bond acceptors (Lipinski definition) is 15. The van der Waals surface area contributed by atoms with E-state index < -0.39 is 82.9 Å². The number of carbonyl (C=O) groups is 9. The topological polar surface area (TPSA) is 353 Å². The maximum absolute atomic E-state index is 14.4. The van der Waals surface area contributed by atoms with Crippen molar-refractivity contribution < 1.29 is 105 Å². The number of anilines is 2. The fourth-order valence-corrected chi connectivity index (χ4v) is 11.7. The Bertz CT molecular complexity index is 3690. The van der Waals surface area contributed by atoms with Gasteiger partial charge in [0, 0.05) is 67.9 Å². The number of aryl methyl sites for hydroxylation is 2. The largest absolute Gasteiger partial charge is 1.00 e. The van der Waals surface area contributed by atoms with E-state index in [1.807, 2.05) is 115 Å². The van der Waals surface area contributed by atoms with Gasteiger partial charge >= 0.3 is 18.3 Å². The van der Waals surface area contributed by atoms with Crippen LogP contribution in [-0.4, -0.2) is 162 Å². The molecule has 4 aromatic carbocycles. The molecule has 2 fully saturated rings. The van der Waals surface area contributed by atoms with Gasteiger partial charge in [0.15, 0.2) is 6.20 Å². The number of pyridine rings is 2. The molecule has 8 amide bonds. The summed E-state index contributed by atoms with van der Waals surface area (Å²) >= 11 is 0. The number of amides is 8. The lowest BCUT2D eigenvalue weighted by molar-refractivity contribution is -0.368. The van der Waals surface area contributed by atoms with Gasteiger partial charge < -0.3 is 105 Å². The molecule has 2 aliphatic rings. The molecule has 0 spiro atoms. The van der Waals surface area contributed by atoms with Crippen molar-refractivity contribution >= 4 is 86.8 Å². The van der Waals surface area contributed by atoms with Gasteiger partial charge in [-0.05, 0) is 149 Å². The molecule has 28 heteroatoms. The Morgan fingerprint density at radius 2 is 1.14 bits per heavy atom. The highest BCUT2D eigenvalue weighted by atomic mass is 35.5. The molecule has 0 radical (unpaired) electrons. The minimum Gasteiger partial charge on any atom is -1.00 e. The van der Waals surface area contributed by atoms with E-state index in [0.29, 0.717) is 69.8 Å². The Morgan fingerprint density at radius 1 is 0.627 bits per heavy atom. The number of quaternary nitrogens is 1. The molecule has 102 heavy (non-hydrogen) atoms. The molecule has 6 aromatic rings. The molecule has 2 aromatic heterocycles. The maximum Gasteiger partial charge on any atom is 0.410 e. The molecule has 25 nitrogen and oxygen atoms in total. The van der Waals surface area contributed by atoms with Crippen molar-refractivity contribution in [1.82, 2.24) is 41.4 Å². The second kappa shape index (κ2) is 40.8. The number of rotatable bonds is 27. The van der Waals surface area contributed by atoms with Crippen LogP contribution in [0.3, 0.4) is 0 Å². The fourth-order valence-electron chi connectivity index (χ4n) is 11.7. The molecule has 0 bridgehead atoms. The van der Waals surface area contributed by atoms with Crippen molar-refractivity contribution in [2.45, 2.75) is 155 Å². The van der Waals surface area contributed by atoms with Crippen LogP contribution >= 0.6 is 0 Å². The molecular weight excluding hydrogens is 1370 g/mol. The molecule has 0 unspecified atom stereocenters. The lowest BCUT2D eigenvalue weighted by atomic mass is 9.86. The smallest absolute Gasteiger partial charge is 0.410 e. The van der Waals surface area contributed by atoms with Crippen molar-refractivity contribution in [3.8, 4) is 0 Å². The SMILES string of the molecule is CC(C)(C)OC(=O)NCCC(CCNC(=O)OC(C)(C)C)C(=O)[C@H]1C[C@@H](C(=O)N[C@@H](CCc2ccccc2)C(=O)Nc2cnc3ccccc3c2)N(C(=O)OC(C)(C)C)C1.NCCN(CC[NH3+])C(=O)[C@@H]1CN[C@H](C(=O)N[C@@H](CCc2ccccc2)C(=O)Nc2c[nH+]c3ccccc3c2)C1.[Cl-].[Cl-].[Cl-]. The zero-order valence-corrected chi connectivity index (χ0v) is 62.0. The summed E-state index contributed by atoms with van der Waals surface area (Å²) in [5.74, 6) is -3.75. The van der Waals surface area contributed by atoms with Crippen LogP contribution in [0.5, 0.6) is 0 Å². The number of benzene rings is 4. The van der Waals surface area contributed by atoms with Crippen LogP contribution in [0.25, 0.3) is 21.8 Å². The number of ether oxygens (including phenoxy) is 3. The second-order valence-electron chi connectivity index (χ2n) is 28.0. The highest BCUT2D eigenvalue weighted by Crippen LogP contribution is 2.31. The van der Waals surface area contributed by atoms with E-state index in [1.165, 1.54) is 4.90 Å². The standard InChI is InChI=1S/C45H62N6O9.C29H37N7O3.3ClH/c1-43(2,3)58-40(55)46-23-21-30(22-24-47-41(56)59-44(4,5)6)37(52)32-26-36(51(28-32)42(57)60-45(7,8)9)39(54)50-35(20-19-29-15-11-10-12-16-29)38(53)49-33-25-31-17-13-14-18-34(31)48-27-33;30-12-14-36(15-13-31)29(39)22-17-26(32-18-22)28(38)35-25(11-10-20-6-2-1-3-7-20)27(37)34-23-16-21-8-4-5-9-24(21)33-19-23;;;/h10-18,25,27,30,32,35-36H,19-24,26,28H2,1-9H3,(H,46,55)(H,47,56)(H,49,53)(H,50,54);1-9,16,19,22,25-26,32H,10-15,17-18,30-31H2,(H,34,37)(H,35,38);3*1H/p-1/t32-,35-,36-;22-,25-,26-;;;/m00.../s1. The van der Waals surface area contributed by atoms with Crippen LogP contribution in [0.15, 0.2) is 134 Å². The van der Waals surface area contributed by atoms with Gasteiger partial charge in [0.25, 0.3) is 0 Å². The minimum atomic E-state index is -1.15. The highest BCUT2D eigenvalue weighted by Gasteiger charge is 2.46. The summed E-state index contributed by atoms with van der Waals surface area (Å²) in [6.45, 7) is 18.0. The first-order valence-corrected chi connectivity index (χ1v) is 34.1. The zero-order chi connectivity index (χ0) is 71.9. The third kappa shape index (κ3) is 27.9. The van der Waals surface area contributed by atoms with E-state index in [1.54, 1.807) is 85.7 Å². The first-order chi connectivity index (χ1) is 47.0. The molecule has 8 rings (SSSR count). The number of fused-ring (bicyclic) bond motifs is 2. The summed E-state index contributed by atoms with van der Waals surface area (Å²) in [6.07, 6.45) is 3.71. The summed E-state index contributed by atoms with van der Waals surface area (Å²) in [7, 11) is 0. The molecular formula is C74H101Cl3N13O12-. The number of alkyl carbamates (subject to hydrolysis) is 2. The van der Waals surface area contributed by atoms with Crippen LogP contribution in [0, 0.1) is 17.8 Å². The number of aromatic nitrogens is 2. The van der Waals surface area contributed by atoms with Gasteiger partial charge in [-0.15, -0.1) is 0 Å². The van der Waals surface area contributed by atoms with Crippen LogP contribution in [0.1, 0.15) is 112 Å². The number of nitrogens with one attached hydrogen (secondary N) is 8. The first kappa shape index (κ1) is 85.7. The van der Waals surface area contributed by atoms with Crippen LogP contribution < -0.4 is 90.9 Å². The van der Waals surface area contributed by atoms with E-state index in [2.05, 4.69) is 52.9 Å². The monoisotopic (exact) mass is 1470 g/mol. The Morgan fingerprint density at radius 3 is 1.69 bits per heavy atom. The van der Waals surface area contributed by atoms with Gasteiger partial charge in [-0.2, -0.15) is 0 Å². The quantitative estimate of drug-likeness (QED) is 0.0244. The number of para-hydroxylation sites is 2. The number of likely N-dealkylation sites (tertiary alicyclic amines) is 1. The summed E-state index contributed by atoms with van der Waals surface area (Å²) in [5, 5.41) is 22.0.